The highest BCUT2D eigenvalue weighted by Crippen LogP contribution is 2.23. The Balaban J connectivity index is 2.17. The largest absolute Gasteiger partial charge is 0.317 e. The lowest BCUT2D eigenvalue weighted by molar-refractivity contribution is 0.0998. The number of benzene rings is 2. The van der Waals surface area contributed by atoms with E-state index in [1.165, 1.54) is 15.8 Å². The van der Waals surface area contributed by atoms with E-state index in [1.807, 2.05) is 31.2 Å². The van der Waals surface area contributed by atoms with Gasteiger partial charge in [0.1, 0.15) is 0 Å². The van der Waals surface area contributed by atoms with Crippen LogP contribution in [0, 0.1) is 20.8 Å². The van der Waals surface area contributed by atoms with Crippen LogP contribution in [0.5, 0.6) is 0 Å². The topological polar surface area (TPSA) is 34.4 Å². The Hall–Kier alpha value is -2.20. The lowest BCUT2D eigenvalue weighted by Gasteiger charge is -2.03. The lowest BCUT2D eigenvalue weighted by Crippen LogP contribution is -2.15. The minimum absolute atomic E-state index is 0.187. The van der Waals surface area contributed by atoms with Gasteiger partial charge >= 0.3 is 0 Å². The first-order valence-corrected chi connectivity index (χ1v) is 8.57. The van der Waals surface area contributed by atoms with E-state index in [9.17, 15) is 4.79 Å². The summed E-state index contributed by atoms with van der Waals surface area (Å²) in [7, 11) is 0. The molecule has 0 saturated carbocycles. The molecule has 0 aliphatic carbocycles. The minimum Gasteiger partial charge on any atom is -0.317 e. The zero-order valence-electron chi connectivity index (χ0n) is 13.9. The van der Waals surface area contributed by atoms with Gasteiger partial charge in [-0.25, -0.2) is 0 Å². The molecule has 3 aromatic rings. The van der Waals surface area contributed by atoms with E-state index in [2.05, 4.69) is 42.5 Å². The zero-order valence-corrected chi connectivity index (χ0v) is 14.7. The summed E-state index contributed by atoms with van der Waals surface area (Å²) >= 11 is 1.59. The second-order valence-corrected chi connectivity index (χ2v) is 6.82. The predicted molar refractivity (Wildman–Crippen MR) is 96.0 cm³/mol. The maximum atomic E-state index is 12.4. The van der Waals surface area contributed by atoms with Crippen LogP contribution < -0.4 is 4.80 Å². The lowest BCUT2D eigenvalue weighted by atomic mass is 10.1. The third-order valence-electron chi connectivity index (χ3n) is 3.93. The van der Waals surface area contributed by atoms with Crippen LogP contribution in [0.2, 0.25) is 0 Å². The molecular weight excluding hydrogens is 304 g/mol. The van der Waals surface area contributed by atoms with E-state index in [1.54, 1.807) is 11.3 Å². The van der Waals surface area contributed by atoms with E-state index >= 15 is 0 Å². The predicted octanol–water partition coefficient (Wildman–Crippen LogP) is 4.39. The number of nitrogens with zero attached hydrogens (tertiary/aromatic N) is 2. The molecule has 0 aliphatic heterocycles. The average Bonchev–Trinajstić information content (AvgIpc) is 2.85. The van der Waals surface area contributed by atoms with Crippen LogP contribution in [0.3, 0.4) is 0 Å². The van der Waals surface area contributed by atoms with Gasteiger partial charge in [-0.15, -0.1) is 0 Å². The standard InChI is InChI=1S/C19H20N2OS/c1-5-21-16-11-13(3)10-14(4)17(16)23-19(21)20-18(22)15-8-6-12(2)7-9-15/h6-11H,5H2,1-4H3. The third kappa shape index (κ3) is 2.99. The van der Waals surface area contributed by atoms with Gasteiger partial charge in [0, 0.05) is 12.1 Å². The fourth-order valence-corrected chi connectivity index (χ4v) is 3.89. The fraction of sp³-hybridized carbons (Fsp3) is 0.263. The molecule has 2 aromatic carbocycles. The SMILES string of the molecule is CCn1c(=NC(=O)c2ccc(C)cc2)sc2c(C)cc(C)cc21. The van der Waals surface area contributed by atoms with Crippen LogP contribution in [-0.2, 0) is 6.54 Å². The molecule has 0 unspecified atom stereocenters. The molecule has 0 fully saturated rings. The Kier molecular flexibility index (Phi) is 4.18. The maximum absolute atomic E-state index is 12.4. The minimum atomic E-state index is -0.187. The number of hydrogen-bond acceptors (Lipinski definition) is 2. The van der Waals surface area contributed by atoms with Crippen LogP contribution in [0.25, 0.3) is 10.2 Å². The van der Waals surface area contributed by atoms with Gasteiger partial charge in [-0.2, -0.15) is 4.99 Å². The van der Waals surface area contributed by atoms with Crippen molar-refractivity contribution in [2.24, 2.45) is 4.99 Å². The summed E-state index contributed by atoms with van der Waals surface area (Å²) in [6.07, 6.45) is 0. The summed E-state index contributed by atoms with van der Waals surface area (Å²) in [5.74, 6) is -0.187. The quantitative estimate of drug-likeness (QED) is 0.688. The van der Waals surface area contributed by atoms with Crippen molar-refractivity contribution in [1.82, 2.24) is 4.57 Å². The number of carbonyl (C=O) groups is 1. The number of carbonyl (C=O) groups excluding carboxylic acids is 1. The van der Waals surface area contributed by atoms with E-state index in [-0.39, 0.29) is 5.91 Å². The maximum Gasteiger partial charge on any atom is 0.279 e. The summed E-state index contributed by atoms with van der Waals surface area (Å²) in [4.78, 5) is 17.6. The summed E-state index contributed by atoms with van der Waals surface area (Å²) in [5, 5.41) is 0. The number of thiazole rings is 1. The Labute approximate surface area is 139 Å². The highest BCUT2D eigenvalue weighted by atomic mass is 32.1. The molecule has 0 bridgehead atoms. The molecule has 118 valence electrons. The monoisotopic (exact) mass is 324 g/mol. The Morgan fingerprint density at radius 1 is 1.09 bits per heavy atom. The molecule has 0 aliphatic rings. The van der Waals surface area contributed by atoms with E-state index in [0.29, 0.717) is 5.56 Å². The first-order valence-electron chi connectivity index (χ1n) is 7.76. The molecule has 1 aromatic heterocycles. The van der Waals surface area contributed by atoms with Gasteiger partial charge in [0.05, 0.1) is 10.2 Å². The van der Waals surface area contributed by atoms with Crippen LogP contribution >= 0.6 is 11.3 Å². The Bertz CT molecular complexity index is 946. The van der Waals surface area contributed by atoms with Crippen LogP contribution in [0.15, 0.2) is 41.4 Å². The molecule has 3 nitrogen and oxygen atoms in total. The molecule has 0 spiro atoms. The van der Waals surface area contributed by atoms with Gasteiger partial charge in [-0.3, -0.25) is 4.79 Å². The number of aryl methyl sites for hydroxylation is 4. The molecular formula is C19H20N2OS. The second-order valence-electron chi connectivity index (χ2n) is 5.84. The van der Waals surface area contributed by atoms with Crippen LogP contribution in [0.1, 0.15) is 34.0 Å². The summed E-state index contributed by atoms with van der Waals surface area (Å²) in [6, 6.07) is 11.9. The van der Waals surface area contributed by atoms with Crippen molar-refractivity contribution in [3.63, 3.8) is 0 Å². The van der Waals surface area contributed by atoms with Gasteiger partial charge in [-0.1, -0.05) is 35.1 Å². The Morgan fingerprint density at radius 3 is 2.43 bits per heavy atom. The highest BCUT2D eigenvalue weighted by Gasteiger charge is 2.10. The average molecular weight is 324 g/mol. The number of rotatable bonds is 2. The highest BCUT2D eigenvalue weighted by molar-refractivity contribution is 7.16. The van der Waals surface area contributed by atoms with Crippen LogP contribution in [-0.4, -0.2) is 10.5 Å². The van der Waals surface area contributed by atoms with Crippen molar-refractivity contribution in [2.45, 2.75) is 34.2 Å². The molecule has 1 amide bonds. The number of amides is 1. The summed E-state index contributed by atoms with van der Waals surface area (Å²) in [5.41, 5.74) is 5.38. The smallest absolute Gasteiger partial charge is 0.279 e. The first kappa shape index (κ1) is 15.7. The zero-order chi connectivity index (χ0) is 16.6. The second kappa shape index (κ2) is 6.13. The molecule has 4 heteroatoms. The van der Waals surface area contributed by atoms with Crippen molar-refractivity contribution in [2.75, 3.05) is 0 Å². The van der Waals surface area contributed by atoms with Crippen molar-refractivity contribution in [3.8, 4) is 0 Å². The van der Waals surface area contributed by atoms with Gasteiger partial charge in [0.15, 0.2) is 4.80 Å². The third-order valence-corrected chi connectivity index (χ3v) is 5.16. The summed E-state index contributed by atoms with van der Waals surface area (Å²) < 4.78 is 3.32. The van der Waals surface area contributed by atoms with Crippen molar-refractivity contribution in [1.29, 1.82) is 0 Å². The normalized spacial score (nSPS) is 12.1. The number of fused-ring (bicyclic) bond motifs is 1. The van der Waals surface area contributed by atoms with Crippen molar-refractivity contribution < 1.29 is 4.79 Å². The molecule has 3 rings (SSSR count). The molecule has 0 saturated heterocycles. The van der Waals surface area contributed by atoms with E-state index in [0.717, 1.165) is 22.4 Å². The molecule has 0 N–H and O–H groups in total. The molecule has 0 radical (unpaired) electrons. The Morgan fingerprint density at radius 2 is 1.78 bits per heavy atom. The fourth-order valence-electron chi connectivity index (χ4n) is 2.75. The van der Waals surface area contributed by atoms with Crippen molar-refractivity contribution in [3.05, 3.63) is 63.5 Å². The number of aromatic nitrogens is 1. The van der Waals surface area contributed by atoms with Crippen LogP contribution in [0.4, 0.5) is 0 Å². The van der Waals surface area contributed by atoms with E-state index < -0.39 is 0 Å². The first-order chi connectivity index (χ1) is 11.0. The van der Waals surface area contributed by atoms with Gasteiger partial charge in [-0.05, 0) is 57.0 Å². The van der Waals surface area contributed by atoms with Gasteiger partial charge < -0.3 is 4.57 Å². The summed E-state index contributed by atoms with van der Waals surface area (Å²) in [6.45, 7) is 9.09. The van der Waals surface area contributed by atoms with E-state index in [4.69, 9.17) is 0 Å². The molecule has 23 heavy (non-hydrogen) atoms. The van der Waals surface area contributed by atoms with Gasteiger partial charge in [0.2, 0.25) is 0 Å². The molecule has 0 atom stereocenters. The van der Waals surface area contributed by atoms with Crippen molar-refractivity contribution >= 4 is 27.5 Å². The van der Waals surface area contributed by atoms with Gasteiger partial charge in [0.25, 0.3) is 5.91 Å². The molecule has 1 heterocycles. The number of hydrogen-bond donors (Lipinski definition) is 0.